The standard InChI is InChI=1S/C15H27N5O/c1-10-7-12(18-19(10)6)17-13(21)20-14(2,3)8-11(16)9-15(20,4)5/h7,11H,8-9,16H2,1-6H3,(H,17,18,21). The minimum absolute atomic E-state index is 0.116. The Bertz CT molecular complexity index is 509. The highest BCUT2D eigenvalue weighted by Crippen LogP contribution is 2.38. The summed E-state index contributed by atoms with van der Waals surface area (Å²) in [4.78, 5) is 14.7. The topological polar surface area (TPSA) is 76.2 Å². The van der Waals surface area contributed by atoms with Crippen LogP contribution in [0, 0.1) is 6.92 Å². The van der Waals surface area contributed by atoms with Crippen LogP contribution < -0.4 is 11.1 Å². The first-order valence-electron chi connectivity index (χ1n) is 7.40. The molecule has 0 spiro atoms. The molecule has 2 amide bonds. The van der Waals surface area contributed by atoms with Gasteiger partial charge in [-0.3, -0.25) is 10.00 Å². The SMILES string of the molecule is Cc1cc(NC(=O)N2C(C)(C)CC(N)CC2(C)C)nn1C. The molecule has 1 aromatic rings. The van der Waals surface area contributed by atoms with Crippen molar-refractivity contribution >= 4 is 11.8 Å². The van der Waals surface area contributed by atoms with Crippen molar-refractivity contribution in [3.8, 4) is 0 Å². The molecule has 118 valence electrons. The summed E-state index contributed by atoms with van der Waals surface area (Å²) in [5.41, 5.74) is 6.59. The summed E-state index contributed by atoms with van der Waals surface area (Å²) in [5.74, 6) is 0.585. The second-order valence-corrected chi connectivity index (χ2v) is 7.35. The molecular weight excluding hydrogens is 266 g/mol. The largest absolute Gasteiger partial charge is 0.328 e. The van der Waals surface area contributed by atoms with Crippen molar-refractivity contribution in [1.29, 1.82) is 0 Å². The van der Waals surface area contributed by atoms with Gasteiger partial charge in [0.15, 0.2) is 5.82 Å². The Morgan fingerprint density at radius 1 is 1.33 bits per heavy atom. The smallest absolute Gasteiger partial charge is 0.323 e. The Kier molecular flexibility index (Phi) is 3.78. The number of nitrogens with zero attached hydrogens (tertiary/aromatic N) is 3. The Balaban J connectivity index is 2.23. The van der Waals surface area contributed by atoms with Gasteiger partial charge < -0.3 is 10.6 Å². The highest BCUT2D eigenvalue weighted by Gasteiger charge is 2.47. The zero-order chi connectivity index (χ0) is 16.0. The van der Waals surface area contributed by atoms with Crippen LogP contribution in [0.15, 0.2) is 6.07 Å². The third-order valence-corrected chi connectivity index (χ3v) is 4.29. The molecule has 1 fully saturated rings. The molecule has 2 rings (SSSR count). The summed E-state index contributed by atoms with van der Waals surface area (Å²) >= 11 is 0. The zero-order valence-electron chi connectivity index (χ0n) is 13.9. The molecule has 1 aliphatic heterocycles. The fourth-order valence-corrected chi connectivity index (χ4v) is 3.69. The fraction of sp³-hybridized carbons (Fsp3) is 0.733. The summed E-state index contributed by atoms with van der Waals surface area (Å²) in [6, 6.07) is 1.87. The van der Waals surface area contributed by atoms with Crippen molar-refractivity contribution in [2.75, 3.05) is 5.32 Å². The van der Waals surface area contributed by atoms with Crippen LogP contribution in [0.25, 0.3) is 0 Å². The normalized spacial score (nSPS) is 21.4. The number of hydrogen-bond acceptors (Lipinski definition) is 3. The van der Waals surface area contributed by atoms with Crippen LogP contribution in [0.1, 0.15) is 46.2 Å². The van der Waals surface area contributed by atoms with E-state index in [2.05, 4.69) is 38.1 Å². The van der Waals surface area contributed by atoms with Gasteiger partial charge in [0.25, 0.3) is 0 Å². The molecule has 1 aliphatic rings. The Hall–Kier alpha value is -1.56. The number of hydrogen-bond donors (Lipinski definition) is 2. The van der Waals surface area contributed by atoms with Crippen molar-refractivity contribution in [3.05, 3.63) is 11.8 Å². The maximum atomic E-state index is 12.8. The summed E-state index contributed by atoms with van der Waals surface area (Å²) in [6.45, 7) is 10.2. The molecular formula is C15H27N5O. The van der Waals surface area contributed by atoms with Crippen molar-refractivity contribution in [2.45, 2.75) is 64.6 Å². The van der Waals surface area contributed by atoms with E-state index in [4.69, 9.17) is 5.73 Å². The van der Waals surface area contributed by atoms with Crippen molar-refractivity contribution in [3.63, 3.8) is 0 Å². The monoisotopic (exact) mass is 293 g/mol. The average molecular weight is 293 g/mol. The average Bonchev–Trinajstić information content (AvgIpc) is 2.52. The highest BCUT2D eigenvalue weighted by molar-refractivity contribution is 5.89. The minimum Gasteiger partial charge on any atom is -0.328 e. The lowest BCUT2D eigenvalue weighted by Gasteiger charge is -2.54. The number of nitrogens with two attached hydrogens (primary N) is 1. The Labute approximate surface area is 126 Å². The molecule has 0 radical (unpaired) electrons. The van der Waals surface area contributed by atoms with E-state index in [0.29, 0.717) is 5.82 Å². The number of aryl methyl sites for hydroxylation is 2. The van der Waals surface area contributed by atoms with Gasteiger partial charge >= 0.3 is 6.03 Å². The second kappa shape index (κ2) is 5.02. The molecule has 6 nitrogen and oxygen atoms in total. The molecule has 0 aliphatic carbocycles. The van der Waals surface area contributed by atoms with Crippen molar-refractivity contribution < 1.29 is 4.79 Å². The van der Waals surface area contributed by atoms with Gasteiger partial charge in [-0.1, -0.05) is 0 Å². The Morgan fingerprint density at radius 2 is 1.86 bits per heavy atom. The summed E-state index contributed by atoms with van der Waals surface area (Å²) in [6.07, 6.45) is 1.59. The number of likely N-dealkylation sites (tertiary alicyclic amines) is 1. The van der Waals surface area contributed by atoms with Crippen LogP contribution in [0.5, 0.6) is 0 Å². The maximum Gasteiger partial charge on any atom is 0.323 e. The molecule has 0 saturated carbocycles. The minimum atomic E-state index is -0.283. The molecule has 1 aromatic heterocycles. The number of amides is 2. The molecule has 0 aromatic carbocycles. The van der Waals surface area contributed by atoms with Gasteiger partial charge in [0.05, 0.1) is 0 Å². The van der Waals surface area contributed by atoms with E-state index in [-0.39, 0.29) is 23.2 Å². The zero-order valence-corrected chi connectivity index (χ0v) is 13.9. The van der Waals surface area contributed by atoms with Crippen LogP contribution in [-0.4, -0.2) is 37.8 Å². The lowest BCUT2D eigenvalue weighted by atomic mass is 9.77. The molecule has 0 unspecified atom stereocenters. The number of anilines is 1. The summed E-state index contributed by atoms with van der Waals surface area (Å²) in [5, 5.41) is 7.20. The van der Waals surface area contributed by atoms with E-state index in [0.717, 1.165) is 18.5 Å². The van der Waals surface area contributed by atoms with E-state index in [1.807, 2.05) is 24.9 Å². The number of urea groups is 1. The predicted molar refractivity (Wildman–Crippen MR) is 84.2 cm³/mol. The first-order valence-corrected chi connectivity index (χ1v) is 7.40. The third-order valence-electron chi connectivity index (χ3n) is 4.29. The van der Waals surface area contributed by atoms with E-state index in [1.165, 1.54) is 0 Å². The lowest BCUT2D eigenvalue weighted by molar-refractivity contribution is 0.00873. The highest BCUT2D eigenvalue weighted by atomic mass is 16.2. The van der Waals surface area contributed by atoms with E-state index in [9.17, 15) is 4.79 Å². The van der Waals surface area contributed by atoms with E-state index < -0.39 is 0 Å². The molecule has 0 atom stereocenters. The van der Waals surface area contributed by atoms with Gasteiger partial charge in [0.1, 0.15) is 0 Å². The van der Waals surface area contributed by atoms with Crippen molar-refractivity contribution in [2.24, 2.45) is 12.8 Å². The van der Waals surface area contributed by atoms with E-state index in [1.54, 1.807) is 4.68 Å². The number of piperidine rings is 1. The van der Waals surface area contributed by atoms with Gasteiger partial charge in [0.2, 0.25) is 0 Å². The van der Waals surface area contributed by atoms with Gasteiger partial charge in [0, 0.05) is 35.9 Å². The van der Waals surface area contributed by atoms with Gasteiger partial charge in [-0.2, -0.15) is 5.10 Å². The molecule has 2 heterocycles. The van der Waals surface area contributed by atoms with E-state index >= 15 is 0 Å². The van der Waals surface area contributed by atoms with Crippen LogP contribution in [0.4, 0.5) is 10.6 Å². The van der Waals surface area contributed by atoms with Gasteiger partial charge in [-0.25, -0.2) is 4.79 Å². The first-order chi connectivity index (χ1) is 9.53. The number of carbonyl (C=O) groups excluding carboxylic acids is 1. The molecule has 6 heteroatoms. The van der Waals surface area contributed by atoms with Crippen LogP contribution in [0.2, 0.25) is 0 Å². The third kappa shape index (κ3) is 3.05. The van der Waals surface area contributed by atoms with Crippen molar-refractivity contribution in [1.82, 2.24) is 14.7 Å². The number of rotatable bonds is 1. The van der Waals surface area contributed by atoms with Gasteiger partial charge in [-0.05, 0) is 47.5 Å². The van der Waals surface area contributed by atoms with Crippen LogP contribution in [0.3, 0.4) is 0 Å². The quantitative estimate of drug-likeness (QED) is 0.833. The molecule has 0 bridgehead atoms. The maximum absolute atomic E-state index is 12.8. The number of aromatic nitrogens is 2. The van der Waals surface area contributed by atoms with Crippen LogP contribution >= 0.6 is 0 Å². The fourth-order valence-electron chi connectivity index (χ4n) is 3.69. The Morgan fingerprint density at radius 3 is 2.29 bits per heavy atom. The number of carbonyl (C=O) groups is 1. The van der Waals surface area contributed by atoms with Gasteiger partial charge in [-0.15, -0.1) is 0 Å². The van der Waals surface area contributed by atoms with Crippen LogP contribution in [-0.2, 0) is 7.05 Å². The first kappa shape index (κ1) is 15.8. The predicted octanol–water partition coefficient (Wildman–Crippen LogP) is 2.24. The number of nitrogens with one attached hydrogen (secondary N) is 1. The summed E-state index contributed by atoms with van der Waals surface area (Å²) in [7, 11) is 1.86. The molecule has 3 N–H and O–H groups in total. The molecule has 21 heavy (non-hydrogen) atoms. The second-order valence-electron chi connectivity index (χ2n) is 7.35. The lowest BCUT2D eigenvalue weighted by Crippen LogP contribution is -2.66. The molecule has 1 saturated heterocycles. The summed E-state index contributed by atoms with van der Waals surface area (Å²) < 4.78 is 1.75.